The number of ether oxygens (including phenoxy) is 3. The van der Waals surface area contributed by atoms with Crippen molar-refractivity contribution in [1.82, 2.24) is 29.7 Å². The summed E-state index contributed by atoms with van der Waals surface area (Å²) >= 11 is 0. The lowest BCUT2D eigenvalue weighted by atomic mass is 10.2. The number of hydrogen-bond donors (Lipinski definition) is 1. The zero-order valence-electron chi connectivity index (χ0n) is 21.9. The maximum atomic E-state index is 13.6. The zero-order chi connectivity index (χ0) is 28.2. The molecule has 0 saturated heterocycles. The van der Waals surface area contributed by atoms with Gasteiger partial charge >= 0.3 is 5.97 Å². The van der Waals surface area contributed by atoms with Crippen LogP contribution < -0.4 is 9.46 Å². The first-order valence-electron chi connectivity index (χ1n) is 11.7. The minimum absolute atomic E-state index is 0.136. The van der Waals surface area contributed by atoms with Gasteiger partial charge in [-0.05, 0) is 43.7 Å². The third kappa shape index (κ3) is 5.86. The molecule has 0 amide bonds. The zero-order valence-corrected chi connectivity index (χ0v) is 22.7. The summed E-state index contributed by atoms with van der Waals surface area (Å²) in [5.74, 6) is 0.0361. The lowest BCUT2D eigenvalue weighted by molar-refractivity contribution is 0.0600. The molecule has 4 rings (SSSR count). The van der Waals surface area contributed by atoms with Crippen LogP contribution in [0.25, 0.3) is 17.2 Å². The van der Waals surface area contributed by atoms with Crippen LogP contribution in [-0.2, 0) is 19.5 Å². The van der Waals surface area contributed by atoms with Crippen molar-refractivity contribution < 1.29 is 27.4 Å². The Hall–Kier alpha value is -4.43. The second-order valence-electron chi connectivity index (χ2n) is 8.42. The molecule has 39 heavy (non-hydrogen) atoms. The Morgan fingerprint density at radius 1 is 1.03 bits per heavy atom. The van der Waals surface area contributed by atoms with E-state index in [4.69, 9.17) is 14.2 Å². The molecular weight excluding hydrogens is 526 g/mol. The minimum Gasteiger partial charge on any atom is -0.481 e. The summed E-state index contributed by atoms with van der Waals surface area (Å²) < 4.78 is 46.6. The van der Waals surface area contributed by atoms with Crippen molar-refractivity contribution in [2.45, 2.75) is 25.2 Å². The number of rotatable bonds is 10. The fourth-order valence-electron chi connectivity index (χ4n) is 3.74. The maximum Gasteiger partial charge on any atom is 0.337 e. The molecule has 0 aliphatic rings. The number of hydrogen-bond acceptors (Lipinski definition) is 11. The lowest BCUT2D eigenvalue weighted by Crippen LogP contribution is -2.33. The summed E-state index contributed by atoms with van der Waals surface area (Å²) in [4.78, 5) is 25.1. The van der Waals surface area contributed by atoms with Gasteiger partial charge in [0.05, 0.1) is 25.5 Å². The molecule has 3 heterocycles. The van der Waals surface area contributed by atoms with Gasteiger partial charge in [-0.25, -0.2) is 28.2 Å². The number of anilines is 1. The van der Waals surface area contributed by atoms with Crippen molar-refractivity contribution in [3.05, 3.63) is 71.8 Å². The summed E-state index contributed by atoms with van der Waals surface area (Å²) in [6, 6.07) is 11.4. The predicted molar refractivity (Wildman–Crippen MR) is 141 cm³/mol. The number of carbonyl (C=O) groups excluding carboxylic acids is 1. The molecule has 2 atom stereocenters. The van der Waals surface area contributed by atoms with Crippen LogP contribution in [0.1, 0.15) is 34.8 Å². The van der Waals surface area contributed by atoms with Gasteiger partial charge < -0.3 is 14.2 Å². The largest absolute Gasteiger partial charge is 0.481 e. The number of nitrogens with zero attached hydrogens (tertiary/aromatic N) is 6. The molecule has 0 unspecified atom stereocenters. The molecule has 0 radical (unpaired) electrons. The number of aromatic nitrogens is 6. The molecule has 0 spiro atoms. The van der Waals surface area contributed by atoms with E-state index >= 15 is 0 Å². The second kappa shape index (κ2) is 11.5. The molecule has 4 aromatic rings. The van der Waals surface area contributed by atoms with Crippen LogP contribution in [0.5, 0.6) is 5.88 Å². The molecule has 0 fully saturated rings. The summed E-state index contributed by atoms with van der Waals surface area (Å²) in [6.07, 6.45) is 2.19. The summed E-state index contributed by atoms with van der Waals surface area (Å²) in [7, 11) is -0.0171. The molecule has 0 aliphatic heterocycles. The molecule has 0 aliphatic carbocycles. The Bertz CT molecular complexity index is 1570. The highest BCUT2D eigenvalue weighted by Gasteiger charge is 2.34. The van der Waals surface area contributed by atoms with Gasteiger partial charge in [0.2, 0.25) is 21.9 Å². The van der Waals surface area contributed by atoms with E-state index in [1.54, 1.807) is 48.8 Å². The first-order chi connectivity index (χ1) is 18.7. The number of aryl methyl sites for hydroxylation is 1. The van der Waals surface area contributed by atoms with Gasteiger partial charge in [0, 0.05) is 25.6 Å². The van der Waals surface area contributed by atoms with Crippen LogP contribution in [0.15, 0.2) is 54.9 Å². The summed E-state index contributed by atoms with van der Waals surface area (Å²) in [6.45, 7) is 3.30. The van der Waals surface area contributed by atoms with Crippen molar-refractivity contribution >= 4 is 21.9 Å². The van der Waals surface area contributed by atoms with Gasteiger partial charge in [0.25, 0.3) is 0 Å². The van der Waals surface area contributed by atoms with Gasteiger partial charge in [-0.2, -0.15) is 0 Å². The van der Waals surface area contributed by atoms with E-state index < -0.39 is 27.3 Å². The Kier molecular flexibility index (Phi) is 8.16. The Morgan fingerprint density at radius 2 is 1.74 bits per heavy atom. The normalized spacial score (nSPS) is 12.9. The highest BCUT2D eigenvalue weighted by atomic mass is 32.2. The van der Waals surface area contributed by atoms with E-state index in [2.05, 4.69) is 29.9 Å². The molecule has 14 heteroatoms. The van der Waals surface area contributed by atoms with E-state index in [1.165, 1.54) is 38.9 Å². The molecular formula is C25H27N7O6S. The van der Waals surface area contributed by atoms with E-state index in [9.17, 15) is 13.2 Å². The Balaban J connectivity index is 1.80. The number of carbonyl (C=O) groups is 1. The number of sulfonamides is 1. The average molecular weight is 554 g/mol. The molecule has 0 bridgehead atoms. The van der Waals surface area contributed by atoms with Crippen molar-refractivity contribution in [3.8, 4) is 23.1 Å². The first-order valence-corrected chi connectivity index (χ1v) is 13.2. The molecule has 1 N–H and O–H groups in total. The van der Waals surface area contributed by atoms with Gasteiger partial charge in [0.15, 0.2) is 11.6 Å². The lowest BCUT2D eigenvalue weighted by Gasteiger charge is -2.22. The van der Waals surface area contributed by atoms with Gasteiger partial charge in [-0.15, -0.1) is 10.2 Å². The number of pyridine rings is 1. The van der Waals surface area contributed by atoms with Crippen LogP contribution in [0.2, 0.25) is 0 Å². The van der Waals surface area contributed by atoms with Gasteiger partial charge in [-0.3, -0.25) is 9.29 Å². The van der Waals surface area contributed by atoms with Crippen LogP contribution in [-0.4, -0.2) is 70.7 Å². The third-order valence-electron chi connectivity index (χ3n) is 5.81. The molecule has 1 aromatic carbocycles. The SMILES string of the molecule is COC(=O)c1cccc(-n2c(NS(=O)(=O)[C@@H](C)[C@H](OC)c3ncc(C)cn3)nnc2-c2cccc(OC)n2)c1. The molecule has 204 valence electrons. The number of methoxy groups -OCH3 is 3. The Morgan fingerprint density at radius 3 is 2.41 bits per heavy atom. The van der Waals surface area contributed by atoms with Crippen LogP contribution in [0.4, 0.5) is 5.95 Å². The van der Waals surface area contributed by atoms with E-state index in [1.807, 2.05) is 6.92 Å². The number of nitrogens with one attached hydrogen (secondary N) is 1. The van der Waals surface area contributed by atoms with E-state index in [0.29, 0.717) is 17.3 Å². The molecule has 13 nitrogen and oxygen atoms in total. The molecule has 0 saturated carbocycles. The van der Waals surface area contributed by atoms with Crippen LogP contribution >= 0.6 is 0 Å². The second-order valence-corrected chi connectivity index (χ2v) is 10.5. The number of esters is 1. The smallest absolute Gasteiger partial charge is 0.337 e. The highest BCUT2D eigenvalue weighted by Crippen LogP contribution is 2.29. The van der Waals surface area contributed by atoms with Crippen molar-refractivity contribution in [2.24, 2.45) is 0 Å². The monoisotopic (exact) mass is 553 g/mol. The minimum atomic E-state index is -4.14. The number of benzene rings is 1. The predicted octanol–water partition coefficient (Wildman–Crippen LogP) is 2.74. The van der Waals surface area contributed by atoms with Crippen molar-refractivity contribution in [1.29, 1.82) is 0 Å². The highest BCUT2D eigenvalue weighted by molar-refractivity contribution is 7.93. The quantitative estimate of drug-likeness (QED) is 0.288. The van der Waals surface area contributed by atoms with Crippen molar-refractivity contribution in [2.75, 3.05) is 26.1 Å². The maximum absolute atomic E-state index is 13.6. The van der Waals surface area contributed by atoms with Crippen molar-refractivity contribution in [3.63, 3.8) is 0 Å². The fraction of sp³-hybridized carbons (Fsp3) is 0.280. The fourth-order valence-corrected chi connectivity index (χ4v) is 4.87. The average Bonchev–Trinajstić information content (AvgIpc) is 3.36. The molecule has 3 aromatic heterocycles. The van der Waals surface area contributed by atoms with E-state index in [-0.39, 0.29) is 23.2 Å². The summed E-state index contributed by atoms with van der Waals surface area (Å²) in [5.41, 5.74) is 1.80. The van der Waals surface area contributed by atoms with Crippen LogP contribution in [0, 0.1) is 6.92 Å². The Labute approximate surface area is 225 Å². The van der Waals surface area contributed by atoms with Crippen LogP contribution in [0.3, 0.4) is 0 Å². The van der Waals surface area contributed by atoms with Gasteiger partial charge in [-0.1, -0.05) is 12.1 Å². The summed E-state index contributed by atoms with van der Waals surface area (Å²) in [5, 5.41) is 7.19. The standard InChI is InChI=1S/C25H27N7O6S/c1-15-13-26-22(27-14-15)21(37-4)16(2)39(34,35)31-25-30-29-23(19-10-7-11-20(28-19)36-3)32(25)18-9-6-8-17(12-18)24(33)38-5/h6-14,16,21H,1-5H3,(H,30,31)/t16-,21-/m0/s1. The van der Waals surface area contributed by atoms with E-state index in [0.717, 1.165) is 5.56 Å². The topological polar surface area (TPSA) is 160 Å². The third-order valence-corrected chi connectivity index (χ3v) is 7.50. The van der Waals surface area contributed by atoms with Gasteiger partial charge in [0.1, 0.15) is 17.0 Å². The first kappa shape index (κ1) is 27.6.